The maximum Gasteiger partial charge on any atom is 0.284 e. The Hall–Kier alpha value is -3.64. The Morgan fingerprint density at radius 2 is 1.48 bits per heavy atom. The molecule has 3 aromatic carbocycles. The Balaban J connectivity index is 2.01. The minimum Gasteiger partial charge on any atom is -0.508 e. The molecule has 0 bridgehead atoms. The van der Waals surface area contributed by atoms with Crippen LogP contribution in [0, 0.1) is 10.1 Å². The first-order chi connectivity index (χ1) is 15.0. The van der Waals surface area contributed by atoms with Gasteiger partial charge in [0.25, 0.3) is 5.70 Å². The molecule has 0 amide bonds. The fourth-order valence-corrected chi connectivity index (χ4v) is 3.29. The number of aromatic hydroxyl groups is 1. The summed E-state index contributed by atoms with van der Waals surface area (Å²) in [5.41, 5.74) is 2.34. The van der Waals surface area contributed by atoms with Crippen LogP contribution in [0.15, 0.2) is 78.9 Å². The Labute approximate surface area is 182 Å². The van der Waals surface area contributed by atoms with Gasteiger partial charge in [-0.3, -0.25) is 10.1 Å². The quantitative estimate of drug-likeness (QED) is 0.231. The number of nitrogens with zero attached hydrogens (tertiary/aromatic N) is 2. The molecule has 0 aliphatic carbocycles. The summed E-state index contributed by atoms with van der Waals surface area (Å²) >= 11 is 0. The summed E-state index contributed by atoms with van der Waals surface area (Å²) < 4.78 is 5.80. The molecule has 0 atom stereocenters. The van der Waals surface area contributed by atoms with Crippen molar-refractivity contribution in [3.8, 4) is 11.5 Å². The van der Waals surface area contributed by atoms with Gasteiger partial charge < -0.3 is 14.7 Å². The lowest BCUT2D eigenvalue weighted by Gasteiger charge is -2.13. The van der Waals surface area contributed by atoms with Crippen LogP contribution < -0.4 is 4.74 Å². The van der Waals surface area contributed by atoms with Crippen LogP contribution in [0.1, 0.15) is 23.1 Å². The molecule has 31 heavy (non-hydrogen) atoms. The zero-order chi connectivity index (χ0) is 22.2. The molecule has 0 saturated heterocycles. The molecule has 3 aromatic rings. The maximum atomic E-state index is 12.1. The minimum absolute atomic E-state index is 0.00550. The van der Waals surface area contributed by atoms with Crippen LogP contribution in [-0.4, -0.2) is 42.2 Å². The number of hydrogen-bond acceptors (Lipinski definition) is 5. The van der Waals surface area contributed by atoms with Crippen molar-refractivity contribution in [2.75, 3.05) is 27.2 Å². The average molecular weight is 418 g/mol. The van der Waals surface area contributed by atoms with Crippen LogP contribution in [0.5, 0.6) is 11.5 Å². The van der Waals surface area contributed by atoms with Crippen molar-refractivity contribution < 1.29 is 14.8 Å². The largest absolute Gasteiger partial charge is 0.508 e. The van der Waals surface area contributed by atoms with E-state index in [-0.39, 0.29) is 16.4 Å². The van der Waals surface area contributed by atoms with E-state index >= 15 is 0 Å². The number of ether oxygens (including phenoxy) is 1. The highest BCUT2D eigenvalue weighted by Gasteiger charge is 2.24. The van der Waals surface area contributed by atoms with Gasteiger partial charge in [0.05, 0.1) is 22.7 Å². The number of nitro groups is 1. The van der Waals surface area contributed by atoms with Gasteiger partial charge in [-0.2, -0.15) is 0 Å². The average Bonchev–Trinajstić information content (AvgIpc) is 2.76. The normalized spacial score (nSPS) is 11.8. The first-order valence-electron chi connectivity index (χ1n) is 10.1. The van der Waals surface area contributed by atoms with Crippen LogP contribution >= 0.6 is 0 Å². The second-order valence-electron chi connectivity index (χ2n) is 7.42. The molecule has 0 saturated carbocycles. The molecular weight excluding hydrogens is 392 g/mol. The predicted molar refractivity (Wildman–Crippen MR) is 123 cm³/mol. The van der Waals surface area contributed by atoms with Gasteiger partial charge in [-0.05, 0) is 68.0 Å². The highest BCUT2D eigenvalue weighted by atomic mass is 16.6. The van der Waals surface area contributed by atoms with Crippen LogP contribution in [0.3, 0.4) is 0 Å². The van der Waals surface area contributed by atoms with Gasteiger partial charge in [0.2, 0.25) is 0 Å². The van der Waals surface area contributed by atoms with Crippen LogP contribution in [-0.2, 0) is 0 Å². The van der Waals surface area contributed by atoms with E-state index in [1.54, 1.807) is 36.4 Å². The van der Waals surface area contributed by atoms with Gasteiger partial charge >= 0.3 is 0 Å². The first-order valence-corrected chi connectivity index (χ1v) is 10.1. The molecule has 0 spiro atoms. The Morgan fingerprint density at radius 1 is 0.903 bits per heavy atom. The van der Waals surface area contributed by atoms with E-state index in [1.165, 1.54) is 12.1 Å². The fraction of sp³-hybridized carbons (Fsp3) is 0.200. The zero-order valence-corrected chi connectivity index (χ0v) is 17.7. The topological polar surface area (TPSA) is 75.8 Å². The van der Waals surface area contributed by atoms with Gasteiger partial charge in [0, 0.05) is 6.54 Å². The summed E-state index contributed by atoms with van der Waals surface area (Å²) in [5, 5.41) is 21.8. The van der Waals surface area contributed by atoms with Gasteiger partial charge in [-0.15, -0.1) is 0 Å². The number of phenolic OH excluding ortho intramolecular Hbond substituents is 1. The lowest BCUT2D eigenvalue weighted by molar-refractivity contribution is -0.374. The Kier molecular flexibility index (Phi) is 7.40. The highest BCUT2D eigenvalue weighted by Crippen LogP contribution is 2.34. The molecule has 6 heteroatoms. The SMILES string of the molecule is CN(C)CCCOc1ccc(C(=C(c2ccccc2)[N+](=O)[O-])c2ccc(O)cc2)cc1. The molecule has 0 unspecified atom stereocenters. The molecule has 1 N–H and O–H groups in total. The van der Waals surface area contributed by atoms with E-state index in [4.69, 9.17) is 4.74 Å². The number of benzene rings is 3. The summed E-state index contributed by atoms with van der Waals surface area (Å²) in [4.78, 5) is 13.9. The molecule has 0 aromatic heterocycles. The predicted octanol–water partition coefficient (Wildman–Crippen LogP) is 4.92. The van der Waals surface area contributed by atoms with Crippen LogP contribution in [0.4, 0.5) is 0 Å². The molecule has 6 nitrogen and oxygen atoms in total. The first kappa shape index (κ1) is 22.1. The van der Waals surface area contributed by atoms with E-state index in [1.807, 2.05) is 44.4 Å². The maximum absolute atomic E-state index is 12.1. The summed E-state index contributed by atoms with van der Waals surface area (Å²) in [6.07, 6.45) is 0.910. The molecule has 0 radical (unpaired) electrons. The van der Waals surface area contributed by atoms with Crippen molar-refractivity contribution in [2.45, 2.75) is 6.42 Å². The van der Waals surface area contributed by atoms with Crippen LogP contribution in [0.2, 0.25) is 0 Å². The minimum atomic E-state index is -0.358. The van der Waals surface area contributed by atoms with Crippen molar-refractivity contribution in [2.24, 2.45) is 0 Å². The van der Waals surface area contributed by atoms with Gasteiger partial charge in [-0.1, -0.05) is 42.5 Å². The highest BCUT2D eigenvalue weighted by molar-refractivity contribution is 5.95. The van der Waals surface area contributed by atoms with E-state index in [0.29, 0.717) is 28.9 Å². The Bertz CT molecular complexity index is 1030. The number of phenols is 1. The third kappa shape index (κ3) is 5.93. The van der Waals surface area contributed by atoms with Gasteiger partial charge in [0.1, 0.15) is 11.5 Å². The second-order valence-corrected chi connectivity index (χ2v) is 7.42. The smallest absolute Gasteiger partial charge is 0.284 e. The second kappa shape index (κ2) is 10.4. The van der Waals surface area contributed by atoms with Gasteiger partial charge in [-0.25, -0.2) is 0 Å². The molecule has 0 aliphatic rings. The summed E-state index contributed by atoms with van der Waals surface area (Å²) in [7, 11) is 4.04. The molecular formula is C25H26N2O4. The fourth-order valence-electron chi connectivity index (χ4n) is 3.29. The van der Waals surface area contributed by atoms with Crippen molar-refractivity contribution in [1.82, 2.24) is 4.90 Å². The van der Waals surface area contributed by atoms with Crippen molar-refractivity contribution >= 4 is 11.3 Å². The van der Waals surface area contributed by atoms with Gasteiger partial charge in [0.15, 0.2) is 0 Å². The van der Waals surface area contributed by atoms with E-state index in [0.717, 1.165) is 18.7 Å². The van der Waals surface area contributed by atoms with Crippen LogP contribution in [0.25, 0.3) is 11.3 Å². The molecule has 160 valence electrons. The van der Waals surface area contributed by atoms with E-state index < -0.39 is 0 Å². The summed E-state index contributed by atoms with van der Waals surface area (Å²) in [6.45, 7) is 1.54. The monoisotopic (exact) mass is 418 g/mol. The molecule has 0 heterocycles. The molecule has 0 fully saturated rings. The van der Waals surface area contributed by atoms with E-state index in [9.17, 15) is 15.2 Å². The number of hydrogen-bond donors (Lipinski definition) is 1. The standard InChI is InChI=1S/C25H26N2O4/c1-26(2)17-6-18-31-23-15-11-20(12-16-23)24(19-9-13-22(28)14-10-19)25(27(29)30)21-7-4-3-5-8-21/h3-5,7-16,28H,6,17-18H2,1-2H3. The summed E-state index contributed by atoms with van der Waals surface area (Å²) in [5.74, 6) is 0.821. The lowest BCUT2D eigenvalue weighted by Crippen LogP contribution is -2.15. The molecule has 3 rings (SSSR count). The number of rotatable bonds is 9. The lowest BCUT2D eigenvalue weighted by atomic mass is 9.93. The third-order valence-electron chi connectivity index (χ3n) is 4.78. The summed E-state index contributed by atoms with van der Waals surface area (Å²) in [6, 6.07) is 22.6. The van der Waals surface area contributed by atoms with Crippen molar-refractivity contribution in [3.05, 3.63) is 106 Å². The van der Waals surface area contributed by atoms with Crippen molar-refractivity contribution in [3.63, 3.8) is 0 Å². The zero-order valence-electron chi connectivity index (χ0n) is 17.7. The molecule has 0 aliphatic heterocycles. The Morgan fingerprint density at radius 3 is 2.03 bits per heavy atom. The van der Waals surface area contributed by atoms with Crippen molar-refractivity contribution in [1.29, 1.82) is 0 Å². The van der Waals surface area contributed by atoms with E-state index in [2.05, 4.69) is 4.90 Å². The third-order valence-corrected chi connectivity index (χ3v) is 4.78.